The molecule has 47 heavy (non-hydrogen) atoms. The highest BCUT2D eigenvalue weighted by atomic mass is 79.9. The second kappa shape index (κ2) is 14.8. The Kier molecular flexibility index (Phi) is 11.3. The number of carboxylic acid groups (broad SMARTS) is 1. The molecule has 0 saturated carbocycles. The Morgan fingerprint density at radius 1 is 1.02 bits per heavy atom. The van der Waals surface area contributed by atoms with Gasteiger partial charge in [0.2, 0.25) is 11.8 Å². The van der Waals surface area contributed by atoms with E-state index in [2.05, 4.69) is 51.6 Å². The van der Waals surface area contributed by atoms with E-state index >= 15 is 0 Å². The first-order valence-corrected chi connectivity index (χ1v) is 17.1. The van der Waals surface area contributed by atoms with Crippen molar-refractivity contribution < 1.29 is 27.8 Å². The molecular formula is C34H40BrN5O6S. The quantitative estimate of drug-likeness (QED) is 0.148. The third-order valence-electron chi connectivity index (χ3n) is 7.46. The summed E-state index contributed by atoms with van der Waals surface area (Å²) >= 11 is 3.44. The van der Waals surface area contributed by atoms with Crippen LogP contribution >= 0.6 is 15.9 Å². The number of aromatic nitrogens is 3. The van der Waals surface area contributed by atoms with E-state index in [9.17, 15) is 18.3 Å². The highest BCUT2D eigenvalue weighted by molar-refractivity contribution is 9.10. The number of methoxy groups -OCH3 is 1. The van der Waals surface area contributed by atoms with Gasteiger partial charge in [0.05, 0.1) is 22.2 Å². The molecular weight excluding hydrogens is 686 g/mol. The summed E-state index contributed by atoms with van der Waals surface area (Å²) < 4.78 is 41.5. The summed E-state index contributed by atoms with van der Waals surface area (Å²) in [5, 5.41) is 9.50. The highest BCUT2D eigenvalue weighted by Gasteiger charge is 2.30. The monoisotopic (exact) mass is 725 g/mol. The topological polar surface area (TPSA) is 135 Å². The van der Waals surface area contributed by atoms with E-state index in [1.54, 1.807) is 12.3 Å². The zero-order chi connectivity index (χ0) is 34.5. The number of pyridine rings is 1. The summed E-state index contributed by atoms with van der Waals surface area (Å²) in [6, 6.07) is 16.4. The van der Waals surface area contributed by atoms with E-state index in [-0.39, 0.29) is 40.4 Å². The second-order valence-corrected chi connectivity index (χ2v) is 15.2. The molecule has 2 aromatic heterocycles. The van der Waals surface area contributed by atoms with Crippen molar-refractivity contribution in [3.63, 3.8) is 0 Å². The van der Waals surface area contributed by atoms with Gasteiger partial charge in [0, 0.05) is 36.5 Å². The van der Waals surface area contributed by atoms with Gasteiger partial charge >= 0.3 is 5.97 Å². The summed E-state index contributed by atoms with van der Waals surface area (Å²) in [6.07, 6.45) is 2.50. The fourth-order valence-electron chi connectivity index (χ4n) is 5.17. The smallest absolute Gasteiger partial charge is 0.335 e. The lowest BCUT2D eigenvalue weighted by molar-refractivity contribution is 0.0696. The first kappa shape index (κ1) is 35.8. The Balaban J connectivity index is 1.82. The van der Waals surface area contributed by atoms with Crippen molar-refractivity contribution in [3.8, 4) is 17.1 Å². The van der Waals surface area contributed by atoms with Gasteiger partial charge in [0.1, 0.15) is 19.2 Å². The first-order chi connectivity index (χ1) is 22.1. The van der Waals surface area contributed by atoms with Gasteiger partial charge in [-0.3, -0.25) is 0 Å². The van der Waals surface area contributed by atoms with Gasteiger partial charge in [-0.1, -0.05) is 45.0 Å². The van der Waals surface area contributed by atoms with Crippen LogP contribution < -0.4 is 13.9 Å². The molecule has 0 bridgehead atoms. The molecule has 13 heteroatoms. The largest absolute Gasteiger partial charge is 0.478 e. The summed E-state index contributed by atoms with van der Waals surface area (Å²) in [6.45, 7) is 10.1. The van der Waals surface area contributed by atoms with Crippen LogP contribution in [0.2, 0.25) is 0 Å². The maximum Gasteiger partial charge on any atom is 0.335 e. The minimum absolute atomic E-state index is 0.0499. The molecule has 0 aliphatic carbocycles. The maximum atomic E-state index is 14.0. The standard InChI is InChI=1S/C34H40BrN5O6S/c1-22-10-8-11-23(2)31(22)28-17-30(46-20-26(18-34(3,4)5)39(6)29-15-14-25(35)19-36-29)38-33(37-28)40(21-45-7)47(43,44)27-13-9-12-24(16-27)32(41)42/h8-17,19,26H,18,20-21H2,1-7H3,(H,41,42)/t26-/m1/s1. The van der Waals surface area contributed by atoms with Crippen molar-refractivity contribution in [2.75, 3.05) is 36.7 Å². The number of benzene rings is 2. The van der Waals surface area contributed by atoms with E-state index in [4.69, 9.17) is 14.5 Å². The molecule has 1 atom stereocenters. The summed E-state index contributed by atoms with van der Waals surface area (Å²) in [5.41, 5.74) is 2.92. The number of ether oxygens (including phenoxy) is 2. The van der Waals surface area contributed by atoms with E-state index in [0.717, 1.165) is 43.8 Å². The number of anilines is 2. The number of carboxylic acids is 1. The average molecular weight is 727 g/mol. The Morgan fingerprint density at radius 2 is 1.70 bits per heavy atom. The summed E-state index contributed by atoms with van der Waals surface area (Å²) in [7, 11) is -1.06. The number of halogens is 1. The first-order valence-electron chi connectivity index (χ1n) is 14.9. The number of aryl methyl sites for hydroxylation is 2. The molecule has 2 heterocycles. The van der Waals surface area contributed by atoms with Crippen molar-refractivity contribution >= 4 is 43.7 Å². The van der Waals surface area contributed by atoms with Gasteiger partial charge in [-0.15, -0.1) is 0 Å². The fraction of sp³-hybridized carbons (Fsp3) is 0.353. The number of hydrogen-bond acceptors (Lipinski definition) is 9. The predicted molar refractivity (Wildman–Crippen MR) is 186 cm³/mol. The molecule has 0 radical (unpaired) electrons. The molecule has 0 spiro atoms. The number of sulfonamides is 1. The molecule has 4 aromatic rings. The van der Waals surface area contributed by atoms with Crippen molar-refractivity contribution in [1.82, 2.24) is 15.0 Å². The molecule has 0 unspecified atom stereocenters. The molecule has 2 aromatic carbocycles. The number of aromatic carboxylic acids is 1. The molecule has 1 N–H and O–H groups in total. The van der Waals surface area contributed by atoms with Crippen LogP contribution in [0, 0.1) is 19.3 Å². The lowest BCUT2D eigenvalue weighted by Gasteiger charge is -2.33. The molecule has 4 rings (SSSR count). The lowest BCUT2D eigenvalue weighted by atomic mass is 9.88. The van der Waals surface area contributed by atoms with Crippen LogP contribution in [-0.4, -0.2) is 68.0 Å². The molecule has 0 fully saturated rings. The molecule has 0 amide bonds. The third-order valence-corrected chi connectivity index (χ3v) is 9.63. The van der Waals surface area contributed by atoms with Gasteiger partial charge in [-0.05, 0) is 83.1 Å². The van der Waals surface area contributed by atoms with Crippen LogP contribution in [0.25, 0.3) is 11.3 Å². The molecule has 0 saturated heterocycles. The zero-order valence-electron chi connectivity index (χ0n) is 27.6. The van der Waals surface area contributed by atoms with Crippen molar-refractivity contribution in [2.24, 2.45) is 5.41 Å². The highest BCUT2D eigenvalue weighted by Crippen LogP contribution is 2.32. The molecule has 250 valence electrons. The van der Waals surface area contributed by atoms with Crippen LogP contribution in [0.1, 0.15) is 48.7 Å². The number of nitrogens with zero attached hydrogens (tertiary/aromatic N) is 5. The SMILES string of the molecule is COCN(c1nc(OC[C@@H](CC(C)(C)C)N(C)c2ccc(Br)cn2)cc(-c2c(C)cccc2C)n1)S(=O)(=O)c1cccc(C(=O)O)c1. The minimum atomic E-state index is -4.37. The van der Waals surface area contributed by atoms with Gasteiger partial charge in [0.15, 0.2) is 0 Å². The van der Waals surface area contributed by atoms with E-state index in [1.165, 1.54) is 25.3 Å². The fourth-order valence-corrected chi connectivity index (χ4v) is 6.73. The Bertz CT molecular complexity index is 1810. The zero-order valence-corrected chi connectivity index (χ0v) is 30.0. The number of hydrogen-bond donors (Lipinski definition) is 1. The summed E-state index contributed by atoms with van der Waals surface area (Å²) in [5.74, 6) is -0.499. The second-order valence-electron chi connectivity index (χ2n) is 12.4. The predicted octanol–water partition coefficient (Wildman–Crippen LogP) is 6.74. The Labute approximate surface area is 284 Å². The Morgan fingerprint density at radius 3 is 2.30 bits per heavy atom. The lowest BCUT2D eigenvalue weighted by Crippen LogP contribution is -2.40. The third kappa shape index (κ3) is 8.85. The van der Waals surface area contributed by atoms with Crippen LogP contribution in [0.3, 0.4) is 0 Å². The van der Waals surface area contributed by atoms with Crippen LogP contribution in [0.15, 0.2) is 76.2 Å². The van der Waals surface area contributed by atoms with Crippen molar-refractivity contribution in [1.29, 1.82) is 0 Å². The van der Waals surface area contributed by atoms with E-state index < -0.39 is 22.7 Å². The number of likely N-dealkylation sites (N-methyl/N-ethyl adjacent to an activating group) is 1. The van der Waals surface area contributed by atoms with Gasteiger partial charge in [-0.2, -0.15) is 4.98 Å². The molecule has 0 aliphatic rings. The number of carbonyl (C=O) groups is 1. The number of rotatable bonds is 13. The Hall–Kier alpha value is -4.07. The van der Waals surface area contributed by atoms with E-state index in [0.29, 0.717) is 5.69 Å². The minimum Gasteiger partial charge on any atom is -0.478 e. The normalized spacial score (nSPS) is 12.4. The molecule has 0 aliphatic heterocycles. The van der Waals surface area contributed by atoms with Crippen molar-refractivity contribution in [3.05, 3.63) is 88.0 Å². The van der Waals surface area contributed by atoms with Crippen LogP contribution in [-0.2, 0) is 14.8 Å². The van der Waals surface area contributed by atoms with Crippen LogP contribution in [0.4, 0.5) is 11.8 Å². The van der Waals surface area contributed by atoms with Gasteiger partial charge in [-0.25, -0.2) is 27.5 Å². The maximum absolute atomic E-state index is 14.0. The van der Waals surface area contributed by atoms with Gasteiger partial charge in [0.25, 0.3) is 10.0 Å². The summed E-state index contributed by atoms with van der Waals surface area (Å²) in [4.78, 5) is 27.3. The van der Waals surface area contributed by atoms with Gasteiger partial charge < -0.3 is 19.5 Å². The van der Waals surface area contributed by atoms with E-state index in [1.807, 2.05) is 51.2 Å². The van der Waals surface area contributed by atoms with Crippen LogP contribution in [0.5, 0.6) is 5.88 Å². The molecule has 11 nitrogen and oxygen atoms in total. The average Bonchev–Trinajstić information content (AvgIpc) is 3.01. The van der Waals surface area contributed by atoms with Crippen molar-refractivity contribution in [2.45, 2.75) is 52.0 Å².